The van der Waals surface area contributed by atoms with Crippen LogP contribution < -0.4 is 0 Å². The number of urea groups is 1. The van der Waals surface area contributed by atoms with Crippen LogP contribution >= 0.6 is 0 Å². The number of benzene rings is 2. The van der Waals surface area contributed by atoms with Gasteiger partial charge in [0.1, 0.15) is 6.54 Å². The van der Waals surface area contributed by atoms with E-state index < -0.39 is 30.3 Å². The molecule has 2 aromatic rings. The summed E-state index contributed by atoms with van der Waals surface area (Å²) in [5.41, 5.74) is 3.96. The predicted octanol–water partition coefficient (Wildman–Crippen LogP) is 3.62. The summed E-state index contributed by atoms with van der Waals surface area (Å²) in [5.74, 6) is -2.37. The number of hydrogen-bond acceptors (Lipinski definition) is 5. The second-order valence-electron chi connectivity index (χ2n) is 8.88. The molecule has 0 aromatic heterocycles. The van der Waals surface area contributed by atoms with Crippen LogP contribution in [0.25, 0.3) is 6.08 Å². The van der Waals surface area contributed by atoms with Crippen molar-refractivity contribution in [1.29, 1.82) is 0 Å². The van der Waals surface area contributed by atoms with Gasteiger partial charge in [-0.1, -0.05) is 60.7 Å². The van der Waals surface area contributed by atoms with Gasteiger partial charge in [-0.05, 0) is 49.0 Å². The summed E-state index contributed by atoms with van der Waals surface area (Å²) < 4.78 is 0. The second kappa shape index (κ2) is 9.29. The molecule has 1 saturated heterocycles. The van der Waals surface area contributed by atoms with Crippen molar-refractivity contribution in [2.45, 2.75) is 32.2 Å². The number of rotatable bonds is 5. The SMILES string of the molecule is CCN1C(=O)C(=O)N(CC(=O)N2N=C3/C(=C/c4ccccc4)CCCC3C2c2ccccc2)C1=O. The molecule has 2 unspecified atom stereocenters. The Balaban J connectivity index is 1.49. The maximum atomic E-state index is 13.5. The number of likely N-dealkylation sites (N-methyl/N-ethyl adjacent to an activating group) is 1. The molecule has 3 aliphatic rings. The van der Waals surface area contributed by atoms with Gasteiger partial charge in [-0.3, -0.25) is 19.3 Å². The first-order valence-corrected chi connectivity index (χ1v) is 11.9. The van der Waals surface area contributed by atoms with Crippen LogP contribution in [0, 0.1) is 5.92 Å². The van der Waals surface area contributed by atoms with E-state index in [4.69, 9.17) is 5.10 Å². The summed E-state index contributed by atoms with van der Waals surface area (Å²) in [6, 6.07) is 18.6. The summed E-state index contributed by atoms with van der Waals surface area (Å²) in [6.45, 7) is 1.16. The molecular weight excluding hydrogens is 444 g/mol. The van der Waals surface area contributed by atoms with Crippen LogP contribution in [0.3, 0.4) is 0 Å². The molecule has 2 atom stereocenters. The predicted molar refractivity (Wildman–Crippen MR) is 130 cm³/mol. The van der Waals surface area contributed by atoms with E-state index in [9.17, 15) is 19.2 Å². The van der Waals surface area contributed by atoms with E-state index in [1.165, 1.54) is 5.01 Å². The fourth-order valence-electron chi connectivity index (χ4n) is 5.12. The Kier molecular flexibility index (Phi) is 6.03. The molecule has 8 nitrogen and oxygen atoms in total. The fourth-order valence-corrected chi connectivity index (χ4v) is 5.12. The number of hydrogen-bond donors (Lipinski definition) is 0. The smallest absolute Gasteiger partial charge is 0.271 e. The molecule has 1 saturated carbocycles. The van der Waals surface area contributed by atoms with Crippen molar-refractivity contribution in [3.05, 3.63) is 77.4 Å². The van der Waals surface area contributed by atoms with Crippen LogP contribution in [-0.2, 0) is 14.4 Å². The van der Waals surface area contributed by atoms with E-state index >= 15 is 0 Å². The Morgan fingerprint density at radius 2 is 1.63 bits per heavy atom. The summed E-state index contributed by atoms with van der Waals surface area (Å²) in [4.78, 5) is 52.2. The monoisotopic (exact) mass is 470 g/mol. The van der Waals surface area contributed by atoms with E-state index in [2.05, 4.69) is 6.08 Å². The van der Waals surface area contributed by atoms with Crippen molar-refractivity contribution in [1.82, 2.24) is 14.8 Å². The van der Waals surface area contributed by atoms with Crippen LogP contribution in [0.1, 0.15) is 43.4 Å². The van der Waals surface area contributed by atoms with Gasteiger partial charge < -0.3 is 0 Å². The van der Waals surface area contributed by atoms with Crippen molar-refractivity contribution in [3.63, 3.8) is 0 Å². The molecule has 0 bridgehead atoms. The molecule has 0 radical (unpaired) electrons. The molecule has 35 heavy (non-hydrogen) atoms. The first-order chi connectivity index (χ1) is 17.0. The van der Waals surface area contributed by atoms with Gasteiger partial charge >= 0.3 is 17.8 Å². The van der Waals surface area contributed by atoms with Crippen molar-refractivity contribution >= 4 is 35.5 Å². The van der Waals surface area contributed by atoms with Gasteiger partial charge in [0, 0.05) is 12.5 Å². The van der Waals surface area contributed by atoms with E-state index in [-0.39, 0.29) is 18.5 Å². The van der Waals surface area contributed by atoms with Gasteiger partial charge in [0.2, 0.25) is 0 Å². The van der Waals surface area contributed by atoms with Gasteiger partial charge in [-0.2, -0.15) is 5.10 Å². The zero-order valence-corrected chi connectivity index (χ0v) is 19.5. The number of amides is 5. The maximum absolute atomic E-state index is 13.5. The van der Waals surface area contributed by atoms with Gasteiger partial charge in [-0.15, -0.1) is 0 Å². The largest absolute Gasteiger partial charge is 0.334 e. The second-order valence-corrected chi connectivity index (χ2v) is 8.88. The minimum atomic E-state index is -0.976. The molecule has 178 valence electrons. The number of carbonyl (C=O) groups is 4. The minimum absolute atomic E-state index is 0.00353. The third-order valence-electron chi connectivity index (χ3n) is 6.78. The number of fused-ring (bicyclic) bond motifs is 1. The number of allylic oxidation sites excluding steroid dienone is 1. The Bertz CT molecular complexity index is 1240. The quantitative estimate of drug-likeness (QED) is 0.493. The van der Waals surface area contributed by atoms with E-state index in [1.54, 1.807) is 6.92 Å². The minimum Gasteiger partial charge on any atom is -0.271 e. The van der Waals surface area contributed by atoms with Crippen LogP contribution in [0.2, 0.25) is 0 Å². The lowest BCUT2D eigenvalue weighted by atomic mass is 9.77. The summed E-state index contributed by atoms with van der Waals surface area (Å²) in [7, 11) is 0. The molecule has 2 aromatic carbocycles. The Labute approximate surface area is 203 Å². The van der Waals surface area contributed by atoms with Gasteiger partial charge in [0.05, 0.1) is 11.8 Å². The highest BCUT2D eigenvalue weighted by molar-refractivity contribution is 6.45. The highest BCUT2D eigenvalue weighted by atomic mass is 16.2. The van der Waals surface area contributed by atoms with Crippen molar-refractivity contribution in [2.24, 2.45) is 11.0 Å². The number of hydrazone groups is 1. The molecule has 1 aliphatic carbocycles. The summed E-state index contributed by atoms with van der Waals surface area (Å²) in [5, 5.41) is 6.20. The average molecular weight is 471 g/mol. The Morgan fingerprint density at radius 3 is 2.29 bits per heavy atom. The zero-order chi connectivity index (χ0) is 24.5. The van der Waals surface area contributed by atoms with E-state index in [0.29, 0.717) is 0 Å². The number of nitrogens with zero attached hydrogens (tertiary/aromatic N) is 4. The summed E-state index contributed by atoms with van der Waals surface area (Å²) in [6.07, 6.45) is 4.82. The van der Waals surface area contributed by atoms with Crippen LogP contribution in [-0.4, -0.2) is 57.4 Å². The Hall–Kier alpha value is -4.07. The fraction of sp³-hybridized carbons (Fsp3) is 0.296. The zero-order valence-electron chi connectivity index (χ0n) is 19.5. The number of imide groups is 2. The van der Waals surface area contributed by atoms with Crippen molar-refractivity contribution in [2.75, 3.05) is 13.1 Å². The molecule has 2 aliphatic heterocycles. The molecule has 5 rings (SSSR count). The molecule has 2 heterocycles. The summed E-state index contributed by atoms with van der Waals surface area (Å²) >= 11 is 0. The third kappa shape index (κ3) is 4.05. The highest BCUT2D eigenvalue weighted by Gasteiger charge is 2.48. The van der Waals surface area contributed by atoms with Gasteiger partial charge in [0.15, 0.2) is 0 Å². The van der Waals surface area contributed by atoms with Crippen molar-refractivity contribution in [3.8, 4) is 0 Å². The average Bonchev–Trinajstić information content (AvgIpc) is 3.37. The molecule has 8 heteroatoms. The first kappa shape index (κ1) is 22.7. The topological polar surface area (TPSA) is 90.4 Å². The standard InChI is InChI=1S/C27H26N4O4/c1-2-29-25(33)26(34)30(27(29)35)17-22(32)31-24(19-12-7-4-8-13-19)21-15-9-14-20(23(21)28-31)16-18-10-5-3-6-11-18/h3-8,10-13,16,21,24H,2,9,14-15,17H2,1H3/b20-16+. The lowest BCUT2D eigenvalue weighted by Crippen LogP contribution is -2.42. The number of carbonyl (C=O) groups excluding carboxylic acids is 4. The lowest BCUT2D eigenvalue weighted by molar-refractivity contribution is -0.145. The van der Waals surface area contributed by atoms with Gasteiger partial charge in [-0.25, -0.2) is 14.7 Å². The molecule has 5 amide bonds. The molecule has 2 fully saturated rings. The highest BCUT2D eigenvalue weighted by Crippen LogP contribution is 2.44. The van der Waals surface area contributed by atoms with Crippen molar-refractivity contribution < 1.29 is 19.2 Å². The van der Waals surface area contributed by atoms with E-state index in [0.717, 1.165) is 51.5 Å². The van der Waals surface area contributed by atoms with Crippen LogP contribution in [0.4, 0.5) is 4.79 Å². The van der Waals surface area contributed by atoms with Gasteiger partial charge in [0.25, 0.3) is 5.91 Å². The Morgan fingerprint density at radius 1 is 0.971 bits per heavy atom. The first-order valence-electron chi connectivity index (χ1n) is 11.9. The molecule has 0 spiro atoms. The maximum Gasteiger partial charge on any atom is 0.334 e. The molecule has 0 N–H and O–H groups in total. The lowest BCUT2D eigenvalue weighted by Gasteiger charge is -2.30. The van der Waals surface area contributed by atoms with Crippen LogP contribution in [0.15, 0.2) is 71.3 Å². The third-order valence-corrected chi connectivity index (χ3v) is 6.78. The van der Waals surface area contributed by atoms with Crippen LogP contribution in [0.5, 0.6) is 0 Å². The normalized spacial score (nSPS) is 23.2. The van der Waals surface area contributed by atoms with E-state index in [1.807, 2.05) is 60.7 Å². The molecular formula is C27H26N4O4.